The molecule has 1 amide bonds. The number of sulfonamides is 1. The normalized spacial score (nSPS) is 11.1. The van der Waals surface area contributed by atoms with E-state index in [2.05, 4.69) is 4.74 Å². The van der Waals surface area contributed by atoms with Crippen molar-refractivity contribution in [1.29, 1.82) is 0 Å². The molecule has 0 unspecified atom stereocenters. The fourth-order valence-corrected chi connectivity index (χ4v) is 3.55. The zero-order chi connectivity index (χ0) is 13.9. The average Bonchev–Trinajstić information content (AvgIpc) is 2.13. The van der Waals surface area contributed by atoms with E-state index < -0.39 is 21.0 Å². The lowest BCUT2D eigenvalue weighted by Gasteiger charge is -2.10. The fraction of sp³-hybridized carbons (Fsp3) is 0.222. The Morgan fingerprint density at radius 3 is 2.22 bits per heavy atom. The highest BCUT2D eigenvalue weighted by Gasteiger charge is 2.25. The van der Waals surface area contributed by atoms with E-state index in [-0.39, 0.29) is 21.7 Å². The molecular weight excluding hydrogens is 325 g/mol. The van der Waals surface area contributed by atoms with Crippen LogP contribution in [-0.4, -0.2) is 21.1 Å². The van der Waals surface area contributed by atoms with Gasteiger partial charge in [-0.15, -0.1) is 0 Å². The first-order valence-corrected chi connectivity index (χ1v) is 7.23. The second-order valence-corrected chi connectivity index (χ2v) is 5.89. The molecule has 9 heteroatoms. The Morgan fingerprint density at radius 2 is 1.78 bits per heavy atom. The van der Waals surface area contributed by atoms with E-state index in [1.807, 2.05) is 0 Å². The Morgan fingerprint density at radius 1 is 1.28 bits per heavy atom. The summed E-state index contributed by atoms with van der Waals surface area (Å²) in [5.74, 6) is 0. The van der Waals surface area contributed by atoms with Gasteiger partial charge in [0.05, 0.1) is 16.7 Å². The number of ether oxygens (including phenoxy) is 1. The summed E-state index contributed by atoms with van der Waals surface area (Å²) in [4.78, 5) is 10.7. The summed E-state index contributed by atoms with van der Waals surface area (Å²) in [7, 11) is -4.21. The van der Waals surface area contributed by atoms with E-state index in [4.69, 9.17) is 34.8 Å². The van der Waals surface area contributed by atoms with Gasteiger partial charge in [0.2, 0.25) is 0 Å². The SMILES string of the molecule is CCOC(=O)NS(=O)(=O)c1c(Cl)cc(Cl)cc1Cl. The molecule has 0 saturated carbocycles. The van der Waals surface area contributed by atoms with Gasteiger partial charge < -0.3 is 4.74 Å². The second-order valence-electron chi connectivity index (χ2n) is 3.02. The highest BCUT2D eigenvalue weighted by Crippen LogP contribution is 2.32. The van der Waals surface area contributed by atoms with Crippen molar-refractivity contribution in [2.75, 3.05) is 6.61 Å². The molecule has 0 saturated heterocycles. The van der Waals surface area contributed by atoms with E-state index >= 15 is 0 Å². The second kappa shape index (κ2) is 5.97. The van der Waals surface area contributed by atoms with Gasteiger partial charge in [0.1, 0.15) is 4.90 Å². The summed E-state index contributed by atoms with van der Waals surface area (Å²) in [5.41, 5.74) is 0. The molecule has 0 bridgehead atoms. The molecule has 1 aromatic rings. The van der Waals surface area contributed by atoms with Crippen LogP contribution in [-0.2, 0) is 14.8 Å². The third-order valence-corrected chi connectivity index (χ3v) is 4.18. The van der Waals surface area contributed by atoms with Crippen LogP contribution in [0.15, 0.2) is 17.0 Å². The molecule has 0 radical (unpaired) electrons. The van der Waals surface area contributed by atoms with Gasteiger partial charge in [0, 0.05) is 5.02 Å². The molecule has 1 aromatic carbocycles. The van der Waals surface area contributed by atoms with E-state index in [0.717, 1.165) is 0 Å². The van der Waals surface area contributed by atoms with E-state index in [1.54, 1.807) is 4.72 Å². The average molecular weight is 333 g/mol. The van der Waals surface area contributed by atoms with Crippen LogP contribution in [0.25, 0.3) is 0 Å². The molecule has 1 N–H and O–H groups in total. The largest absolute Gasteiger partial charge is 0.449 e. The molecule has 0 fully saturated rings. The van der Waals surface area contributed by atoms with Crippen molar-refractivity contribution in [3.63, 3.8) is 0 Å². The van der Waals surface area contributed by atoms with Crippen molar-refractivity contribution in [3.8, 4) is 0 Å². The van der Waals surface area contributed by atoms with Crippen molar-refractivity contribution in [2.24, 2.45) is 0 Å². The van der Waals surface area contributed by atoms with Gasteiger partial charge in [-0.05, 0) is 19.1 Å². The number of benzene rings is 1. The standard InChI is InChI=1S/C9H8Cl3NO4S/c1-2-17-9(14)13-18(15,16)8-6(11)3-5(10)4-7(8)12/h3-4H,2H2,1H3,(H,13,14). The molecule has 18 heavy (non-hydrogen) atoms. The highest BCUT2D eigenvalue weighted by atomic mass is 35.5. The zero-order valence-corrected chi connectivity index (χ0v) is 12.1. The number of nitrogens with one attached hydrogen (secondary N) is 1. The van der Waals surface area contributed by atoms with Crippen LogP contribution in [0.3, 0.4) is 0 Å². The Bertz CT molecular complexity index is 550. The summed E-state index contributed by atoms with van der Waals surface area (Å²) in [6.07, 6.45) is -1.11. The number of carbonyl (C=O) groups is 1. The number of hydrogen-bond donors (Lipinski definition) is 1. The molecular formula is C9H8Cl3NO4S. The zero-order valence-electron chi connectivity index (χ0n) is 9.04. The maximum Gasteiger partial charge on any atom is 0.421 e. The Kier molecular flexibility index (Phi) is 5.10. The molecule has 0 aromatic heterocycles. The first-order valence-electron chi connectivity index (χ1n) is 4.62. The lowest BCUT2D eigenvalue weighted by Crippen LogP contribution is -2.31. The molecule has 5 nitrogen and oxygen atoms in total. The topological polar surface area (TPSA) is 72.5 Å². The van der Waals surface area contributed by atoms with Gasteiger partial charge in [-0.25, -0.2) is 17.9 Å². The molecule has 100 valence electrons. The van der Waals surface area contributed by atoms with Crippen LogP contribution in [0.5, 0.6) is 0 Å². The maximum absolute atomic E-state index is 11.8. The smallest absolute Gasteiger partial charge is 0.421 e. The lowest BCUT2D eigenvalue weighted by atomic mass is 10.4. The minimum atomic E-state index is -4.21. The monoisotopic (exact) mass is 331 g/mol. The summed E-state index contributed by atoms with van der Waals surface area (Å²) < 4.78 is 29.8. The molecule has 0 spiro atoms. The van der Waals surface area contributed by atoms with Gasteiger partial charge in [-0.2, -0.15) is 0 Å². The van der Waals surface area contributed by atoms with Crippen molar-refractivity contribution in [1.82, 2.24) is 4.72 Å². The third kappa shape index (κ3) is 3.65. The first kappa shape index (κ1) is 15.4. The minimum Gasteiger partial charge on any atom is -0.449 e. The fourth-order valence-electron chi connectivity index (χ4n) is 1.11. The maximum atomic E-state index is 11.8. The third-order valence-electron chi connectivity index (χ3n) is 1.72. The lowest BCUT2D eigenvalue weighted by molar-refractivity contribution is 0.158. The quantitative estimate of drug-likeness (QED) is 0.923. The Labute approximate surface area is 119 Å². The molecule has 0 aliphatic carbocycles. The van der Waals surface area contributed by atoms with Crippen molar-refractivity contribution in [2.45, 2.75) is 11.8 Å². The first-order chi connectivity index (χ1) is 8.27. The van der Waals surface area contributed by atoms with E-state index in [0.29, 0.717) is 0 Å². The van der Waals surface area contributed by atoms with Crippen molar-refractivity contribution >= 4 is 50.9 Å². The van der Waals surface area contributed by atoms with Gasteiger partial charge in [-0.3, -0.25) is 0 Å². The summed E-state index contributed by atoms with van der Waals surface area (Å²) in [5, 5.41) is -0.200. The molecule has 1 rings (SSSR count). The van der Waals surface area contributed by atoms with Crippen molar-refractivity contribution in [3.05, 3.63) is 27.2 Å². The van der Waals surface area contributed by atoms with Gasteiger partial charge >= 0.3 is 6.09 Å². The Hall–Kier alpha value is -0.690. The van der Waals surface area contributed by atoms with E-state index in [1.165, 1.54) is 19.1 Å². The van der Waals surface area contributed by atoms with Crippen LogP contribution >= 0.6 is 34.8 Å². The predicted molar refractivity (Wildman–Crippen MR) is 68.8 cm³/mol. The summed E-state index contributed by atoms with van der Waals surface area (Å²) in [6.45, 7) is 1.57. The highest BCUT2D eigenvalue weighted by molar-refractivity contribution is 7.90. The van der Waals surface area contributed by atoms with Crippen molar-refractivity contribution < 1.29 is 17.9 Å². The Balaban J connectivity index is 3.17. The number of amides is 1. The number of hydrogen-bond acceptors (Lipinski definition) is 4. The van der Waals surface area contributed by atoms with Crippen LogP contribution in [0.1, 0.15) is 6.92 Å². The number of carbonyl (C=O) groups excluding carboxylic acids is 1. The van der Waals surface area contributed by atoms with Crippen LogP contribution in [0, 0.1) is 0 Å². The number of halogens is 3. The van der Waals surface area contributed by atoms with Crippen LogP contribution in [0.2, 0.25) is 15.1 Å². The predicted octanol–water partition coefficient (Wildman–Crippen LogP) is 3.08. The van der Waals surface area contributed by atoms with Crippen LogP contribution in [0.4, 0.5) is 4.79 Å². The van der Waals surface area contributed by atoms with E-state index in [9.17, 15) is 13.2 Å². The molecule has 0 heterocycles. The number of rotatable bonds is 3. The molecule has 0 atom stereocenters. The minimum absolute atomic E-state index is 0.0312. The van der Waals surface area contributed by atoms with Gasteiger partial charge in [0.15, 0.2) is 0 Å². The summed E-state index contributed by atoms with van der Waals surface area (Å²) in [6, 6.07) is 2.41. The summed E-state index contributed by atoms with van der Waals surface area (Å²) >= 11 is 17.1. The molecule has 0 aliphatic heterocycles. The van der Waals surface area contributed by atoms with Gasteiger partial charge in [0.25, 0.3) is 10.0 Å². The van der Waals surface area contributed by atoms with Gasteiger partial charge in [-0.1, -0.05) is 34.8 Å². The van der Waals surface area contributed by atoms with Crippen LogP contribution < -0.4 is 4.72 Å². The molecule has 0 aliphatic rings.